The second-order valence-corrected chi connectivity index (χ2v) is 21.2. The quantitative estimate of drug-likeness (QED) is 0.290. The predicted molar refractivity (Wildman–Crippen MR) is 125 cm³/mol. The molecule has 0 amide bonds. The Bertz CT molecular complexity index is 765. The summed E-state index contributed by atoms with van der Waals surface area (Å²) in [5.41, 5.74) is 0.497. The number of hydrogen-bond donors (Lipinski definition) is 1. The number of hydrogen-bond acceptors (Lipinski definition) is 5. The first-order valence-electron chi connectivity index (χ1n) is 11.5. The number of nitrogens with one attached hydrogen (secondary N) is 1. The fourth-order valence-corrected chi connectivity index (χ4v) is 19.4. The third-order valence-electron chi connectivity index (χ3n) is 5.72. The topological polar surface area (TPSA) is 64.9 Å². The van der Waals surface area contributed by atoms with Gasteiger partial charge in [-0.25, -0.2) is 0 Å². The van der Waals surface area contributed by atoms with Gasteiger partial charge in [0, 0.05) is 0 Å². The summed E-state index contributed by atoms with van der Waals surface area (Å²) in [5, 5.41) is 7.22. The van der Waals surface area contributed by atoms with Crippen molar-refractivity contribution in [2.45, 2.75) is 85.6 Å². The Morgan fingerprint density at radius 3 is 2.19 bits per heavy atom. The summed E-state index contributed by atoms with van der Waals surface area (Å²) in [6, 6.07) is 2.12. The van der Waals surface area contributed by atoms with Gasteiger partial charge in [-0.2, -0.15) is 0 Å². The van der Waals surface area contributed by atoms with Crippen molar-refractivity contribution in [1.29, 1.82) is 0 Å². The van der Waals surface area contributed by atoms with Gasteiger partial charge in [0.15, 0.2) is 0 Å². The number of aromatic nitrogens is 4. The van der Waals surface area contributed by atoms with E-state index in [4.69, 9.17) is 9.72 Å². The van der Waals surface area contributed by atoms with Crippen LogP contribution >= 0.6 is 0 Å². The van der Waals surface area contributed by atoms with E-state index in [0.29, 0.717) is 11.6 Å². The van der Waals surface area contributed by atoms with Crippen molar-refractivity contribution in [1.82, 2.24) is 19.7 Å². The molecule has 6 nitrogen and oxygen atoms in total. The zero-order valence-electron chi connectivity index (χ0n) is 19.3. The Kier molecular flexibility index (Phi) is 11.0. The number of ether oxygens (including phenoxy) is 1. The summed E-state index contributed by atoms with van der Waals surface area (Å²) >= 11 is -2.68. The average molecular weight is 544 g/mol. The minimum atomic E-state index is -2.68. The molecule has 9 heteroatoms. The van der Waals surface area contributed by atoms with Gasteiger partial charge in [0.25, 0.3) is 0 Å². The van der Waals surface area contributed by atoms with Gasteiger partial charge in [0.2, 0.25) is 0 Å². The number of methoxy groups -OCH3 is 1. The second-order valence-electron chi connectivity index (χ2n) is 8.15. The van der Waals surface area contributed by atoms with Crippen molar-refractivity contribution in [3.8, 4) is 5.88 Å². The molecule has 0 unspecified atom stereocenters. The molecule has 0 saturated heterocycles. The second kappa shape index (κ2) is 13.2. The molecule has 0 fully saturated rings. The maximum atomic E-state index is 12.7. The first-order chi connectivity index (χ1) is 15.0. The summed E-state index contributed by atoms with van der Waals surface area (Å²) in [7, 11) is 1.47. The van der Waals surface area contributed by atoms with Crippen molar-refractivity contribution < 1.29 is 13.5 Å². The van der Waals surface area contributed by atoms with Gasteiger partial charge in [-0.15, -0.1) is 0 Å². The number of alkyl halides is 2. The fourth-order valence-electron chi connectivity index (χ4n) is 4.01. The Morgan fingerprint density at radius 2 is 1.68 bits per heavy atom. The molecule has 2 aromatic heterocycles. The molecule has 0 spiro atoms. The van der Waals surface area contributed by atoms with Gasteiger partial charge in [-0.3, -0.25) is 0 Å². The van der Waals surface area contributed by atoms with Crippen molar-refractivity contribution in [2.24, 2.45) is 0 Å². The molecule has 2 rings (SSSR count). The third kappa shape index (κ3) is 7.57. The van der Waals surface area contributed by atoms with Crippen LogP contribution in [0.2, 0.25) is 13.3 Å². The van der Waals surface area contributed by atoms with Crippen molar-refractivity contribution >= 4 is 33.7 Å². The molecule has 0 radical (unpaired) electrons. The number of halogens is 2. The van der Waals surface area contributed by atoms with Crippen LogP contribution in [0, 0.1) is 0 Å². The van der Waals surface area contributed by atoms with Gasteiger partial charge in [-0.1, -0.05) is 0 Å². The van der Waals surface area contributed by atoms with Crippen LogP contribution in [-0.4, -0.2) is 51.7 Å². The monoisotopic (exact) mass is 545 g/mol. The maximum absolute atomic E-state index is 12.7. The van der Waals surface area contributed by atoms with E-state index in [1.807, 2.05) is 6.20 Å². The van der Waals surface area contributed by atoms with Crippen molar-refractivity contribution in [3.63, 3.8) is 0 Å². The molecule has 0 aliphatic carbocycles. The van der Waals surface area contributed by atoms with Crippen LogP contribution in [0.3, 0.4) is 0 Å². The van der Waals surface area contributed by atoms with Crippen LogP contribution in [0.1, 0.15) is 59.3 Å². The van der Waals surface area contributed by atoms with Gasteiger partial charge in [0.05, 0.1) is 0 Å². The first-order valence-corrected chi connectivity index (χ1v) is 19.0. The van der Waals surface area contributed by atoms with Crippen LogP contribution in [-0.2, 0) is 6.54 Å². The Morgan fingerprint density at radius 1 is 1.06 bits per heavy atom. The molecule has 0 aliphatic rings. The Balaban J connectivity index is 2.34. The molecule has 0 saturated carbocycles. The van der Waals surface area contributed by atoms with Crippen molar-refractivity contribution in [2.75, 3.05) is 12.4 Å². The summed E-state index contributed by atoms with van der Waals surface area (Å²) in [5.74, 6) is 0.741. The molecule has 2 heterocycles. The van der Waals surface area contributed by atoms with Gasteiger partial charge in [-0.05, 0) is 0 Å². The predicted octanol–water partition coefficient (Wildman–Crippen LogP) is 5.75. The molecule has 0 aliphatic heterocycles. The van der Waals surface area contributed by atoms with Crippen LogP contribution in [0.25, 0.3) is 0 Å². The molecule has 0 aromatic carbocycles. The minimum absolute atomic E-state index is 0.257. The standard InChI is InChI=1S/C10H10F2N5O.3C4H9.Sn/c1-18-9-7(5-17(16-9)6-8(11)12)15-10-13-3-2-4-14-10;3*1-3-4-2;/h2-3,5,8H,6H2,1H3,(H,13,14,15);3*1,3-4H2,2H3;. The molecular weight excluding hydrogens is 507 g/mol. The number of anilines is 2. The summed E-state index contributed by atoms with van der Waals surface area (Å²) in [6.45, 7) is 6.29. The van der Waals surface area contributed by atoms with E-state index < -0.39 is 31.3 Å². The fraction of sp³-hybridized carbons (Fsp3) is 0.682. The summed E-state index contributed by atoms with van der Waals surface area (Å²) in [6.07, 6.45) is 8.23. The Hall–Kier alpha value is -1.45. The van der Waals surface area contributed by atoms with Gasteiger partial charge >= 0.3 is 189 Å². The van der Waals surface area contributed by atoms with Gasteiger partial charge in [0.1, 0.15) is 0 Å². The molecule has 174 valence electrons. The van der Waals surface area contributed by atoms with Crippen LogP contribution in [0.5, 0.6) is 5.88 Å². The first kappa shape index (κ1) is 25.8. The molecule has 0 bridgehead atoms. The van der Waals surface area contributed by atoms with Crippen molar-refractivity contribution in [3.05, 3.63) is 18.5 Å². The van der Waals surface area contributed by atoms with E-state index in [1.165, 1.54) is 73.5 Å². The normalized spacial score (nSPS) is 11.8. The molecule has 2 aromatic rings. The number of nitrogens with zero attached hydrogens (tertiary/aromatic N) is 4. The molecular formula is C22H37F2N5OSn. The van der Waals surface area contributed by atoms with E-state index in [2.05, 4.69) is 42.2 Å². The molecule has 0 atom stereocenters. The van der Waals surface area contributed by atoms with E-state index in [1.54, 1.807) is 0 Å². The van der Waals surface area contributed by atoms with E-state index in [0.717, 1.165) is 0 Å². The molecule has 1 N–H and O–H groups in total. The van der Waals surface area contributed by atoms with Crippen LogP contribution < -0.4 is 13.8 Å². The van der Waals surface area contributed by atoms with Crippen LogP contribution in [0.4, 0.5) is 20.4 Å². The van der Waals surface area contributed by atoms with E-state index >= 15 is 0 Å². The molecule has 31 heavy (non-hydrogen) atoms. The number of unbranched alkanes of at least 4 members (excludes halogenated alkanes) is 3. The van der Waals surface area contributed by atoms with E-state index in [-0.39, 0.29) is 5.88 Å². The van der Waals surface area contributed by atoms with E-state index in [9.17, 15) is 8.78 Å². The SMILES string of the molecule is CCC[CH2][Sn]([CH2]CCC)([CH2]CCC)[c]1ccnc(Nc2cn(CC(F)F)nc2OC)n1. The zero-order valence-corrected chi connectivity index (χ0v) is 22.2. The summed E-state index contributed by atoms with van der Waals surface area (Å²) in [4.78, 5) is 9.38. The van der Waals surface area contributed by atoms with Gasteiger partial charge < -0.3 is 0 Å². The zero-order chi connectivity index (χ0) is 22.7. The Labute approximate surface area is 189 Å². The van der Waals surface area contributed by atoms with Crippen LogP contribution in [0.15, 0.2) is 18.5 Å². The third-order valence-corrected chi connectivity index (χ3v) is 20.8. The summed E-state index contributed by atoms with van der Waals surface area (Å²) < 4.78 is 37.1. The average Bonchev–Trinajstić information content (AvgIpc) is 3.14. The number of rotatable bonds is 15.